The summed E-state index contributed by atoms with van der Waals surface area (Å²) in [5.74, 6) is -0.754. The van der Waals surface area contributed by atoms with E-state index in [2.05, 4.69) is 15.3 Å². The Bertz CT molecular complexity index is 1360. The summed E-state index contributed by atoms with van der Waals surface area (Å²) in [6, 6.07) is 11.1. The van der Waals surface area contributed by atoms with Crippen molar-refractivity contribution < 1.29 is 14.0 Å². The number of thiazole rings is 1. The predicted molar refractivity (Wildman–Crippen MR) is 146 cm³/mol. The van der Waals surface area contributed by atoms with Gasteiger partial charge in [0, 0.05) is 35.1 Å². The number of unbranched alkanes of at least 4 members (excludes halogenated alkanes) is 1. The van der Waals surface area contributed by atoms with Crippen LogP contribution in [0.5, 0.6) is 0 Å². The molecule has 0 bridgehead atoms. The predicted octanol–water partition coefficient (Wildman–Crippen LogP) is 6.26. The summed E-state index contributed by atoms with van der Waals surface area (Å²) >= 11 is 1.55. The van der Waals surface area contributed by atoms with Gasteiger partial charge in [-0.15, -0.1) is 11.3 Å². The number of allylic oxidation sites excluding steroid dienone is 1. The van der Waals surface area contributed by atoms with Crippen molar-refractivity contribution in [1.29, 1.82) is 0 Å². The first-order chi connectivity index (χ1) is 17.9. The molecule has 2 heterocycles. The molecule has 37 heavy (non-hydrogen) atoms. The maximum absolute atomic E-state index is 13.7. The topological polar surface area (TPSA) is 76.9 Å². The molecular formula is C29H29FN4O2S. The Morgan fingerprint density at radius 1 is 1.16 bits per heavy atom. The molecule has 0 saturated heterocycles. The number of amides is 1. The third-order valence-corrected chi connectivity index (χ3v) is 6.89. The molecule has 0 spiro atoms. The van der Waals surface area contributed by atoms with Crippen LogP contribution in [-0.2, 0) is 11.3 Å². The standard InChI is InChI=1S/C29H29FN4O2S/c1-3-4-5-27(20(2)35)33-28(36)25-11-6-21(17-26(25)22-7-9-24(30)10-8-22)16-23(29-32-13-15-37-29)18-34-14-12-31-19-34/h6-17,19,27H,3-5,18H2,1-2H3,(H,33,36)/b23-16-. The van der Waals surface area contributed by atoms with Crippen LogP contribution in [0.15, 0.2) is 72.8 Å². The minimum atomic E-state index is -0.542. The smallest absolute Gasteiger partial charge is 0.252 e. The number of hydrogen-bond donors (Lipinski definition) is 1. The fourth-order valence-corrected chi connectivity index (χ4v) is 4.72. The molecule has 1 N–H and O–H groups in total. The lowest BCUT2D eigenvalue weighted by Crippen LogP contribution is -2.39. The van der Waals surface area contributed by atoms with Crippen LogP contribution < -0.4 is 5.32 Å². The highest BCUT2D eigenvalue weighted by atomic mass is 32.1. The molecule has 4 rings (SSSR count). The number of rotatable bonds is 11. The molecule has 0 aliphatic heterocycles. The first-order valence-corrected chi connectivity index (χ1v) is 13.1. The van der Waals surface area contributed by atoms with Gasteiger partial charge in [0.2, 0.25) is 0 Å². The number of hydrogen-bond acceptors (Lipinski definition) is 5. The van der Waals surface area contributed by atoms with Gasteiger partial charge in [-0.25, -0.2) is 14.4 Å². The van der Waals surface area contributed by atoms with Crippen LogP contribution in [-0.4, -0.2) is 32.3 Å². The second-order valence-electron chi connectivity index (χ2n) is 8.83. The van der Waals surface area contributed by atoms with Crippen molar-refractivity contribution in [2.75, 3.05) is 0 Å². The number of nitrogens with one attached hydrogen (secondary N) is 1. The average molecular weight is 517 g/mol. The minimum absolute atomic E-state index is 0.0720. The minimum Gasteiger partial charge on any atom is -0.342 e. The van der Waals surface area contributed by atoms with Gasteiger partial charge in [0.15, 0.2) is 5.78 Å². The average Bonchev–Trinajstić information content (AvgIpc) is 3.61. The fraction of sp³-hybridized carbons (Fsp3) is 0.241. The molecule has 4 aromatic rings. The number of ketones is 1. The van der Waals surface area contributed by atoms with Crippen molar-refractivity contribution in [3.8, 4) is 11.1 Å². The fourth-order valence-electron chi connectivity index (χ4n) is 4.07. The molecule has 0 aliphatic carbocycles. The quantitative estimate of drug-likeness (QED) is 0.255. The molecule has 0 fully saturated rings. The van der Waals surface area contributed by atoms with Crippen LogP contribution in [0.1, 0.15) is 54.0 Å². The number of nitrogens with zero attached hydrogens (tertiary/aromatic N) is 3. The molecule has 1 atom stereocenters. The molecule has 2 aromatic carbocycles. The molecule has 0 radical (unpaired) electrons. The number of Topliss-reactive ketones (excluding diaryl/α,β-unsaturated/α-hetero) is 1. The molecular weight excluding hydrogens is 487 g/mol. The highest BCUT2D eigenvalue weighted by Gasteiger charge is 2.20. The Hall–Kier alpha value is -3.91. The molecule has 2 aromatic heterocycles. The Labute approximate surface area is 219 Å². The molecule has 1 amide bonds. The molecule has 0 saturated carbocycles. The van der Waals surface area contributed by atoms with E-state index < -0.39 is 6.04 Å². The molecule has 1 unspecified atom stereocenters. The third kappa shape index (κ3) is 6.86. The van der Waals surface area contributed by atoms with E-state index in [0.717, 1.165) is 29.0 Å². The lowest BCUT2D eigenvalue weighted by Gasteiger charge is -2.18. The Kier molecular flexibility index (Phi) is 8.74. The summed E-state index contributed by atoms with van der Waals surface area (Å²) in [4.78, 5) is 34.1. The Morgan fingerprint density at radius 3 is 2.62 bits per heavy atom. The third-order valence-electron chi connectivity index (χ3n) is 6.05. The van der Waals surface area contributed by atoms with Crippen LogP contribution in [0.3, 0.4) is 0 Å². The zero-order chi connectivity index (χ0) is 26.2. The number of imidazole rings is 1. The zero-order valence-electron chi connectivity index (χ0n) is 20.9. The number of halogens is 1. The van der Waals surface area contributed by atoms with Gasteiger partial charge >= 0.3 is 0 Å². The number of carbonyl (C=O) groups excluding carboxylic acids is 2. The van der Waals surface area contributed by atoms with E-state index in [4.69, 9.17) is 0 Å². The second kappa shape index (κ2) is 12.4. The first kappa shape index (κ1) is 26.2. The second-order valence-corrected chi connectivity index (χ2v) is 9.73. The number of benzene rings is 2. The summed E-state index contributed by atoms with van der Waals surface area (Å²) in [5.41, 5.74) is 3.66. The van der Waals surface area contributed by atoms with Gasteiger partial charge in [0.05, 0.1) is 18.9 Å². The Balaban J connectivity index is 1.74. The van der Waals surface area contributed by atoms with Crippen LogP contribution in [0, 0.1) is 5.82 Å². The largest absolute Gasteiger partial charge is 0.342 e. The highest BCUT2D eigenvalue weighted by Crippen LogP contribution is 2.29. The van der Waals surface area contributed by atoms with Crippen LogP contribution in [0.25, 0.3) is 22.8 Å². The normalized spacial score (nSPS) is 12.4. The molecule has 8 heteroatoms. The molecule has 6 nitrogen and oxygen atoms in total. The van der Waals surface area contributed by atoms with Gasteiger partial charge in [-0.05, 0) is 60.4 Å². The van der Waals surface area contributed by atoms with Crippen molar-refractivity contribution in [1.82, 2.24) is 19.9 Å². The number of aromatic nitrogens is 3. The van der Waals surface area contributed by atoms with Crippen LogP contribution in [0.4, 0.5) is 4.39 Å². The zero-order valence-corrected chi connectivity index (χ0v) is 21.7. The van der Waals surface area contributed by atoms with Crippen molar-refractivity contribution in [2.45, 2.75) is 45.7 Å². The summed E-state index contributed by atoms with van der Waals surface area (Å²) in [6.07, 6.45) is 11.5. The van der Waals surface area contributed by atoms with E-state index in [1.165, 1.54) is 19.1 Å². The van der Waals surface area contributed by atoms with E-state index in [-0.39, 0.29) is 17.5 Å². The van der Waals surface area contributed by atoms with E-state index in [1.807, 2.05) is 41.3 Å². The van der Waals surface area contributed by atoms with Crippen molar-refractivity contribution in [3.63, 3.8) is 0 Å². The summed E-state index contributed by atoms with van der Waals surface area (Å²) < 4.78 is 15.7. The lowest BCUT2D eigenvalue weighted by molar-refractivity contribution is -0.119. The van der Waals surface area contributed by atoms with Gasteiger partial charge in [0.25, 0.3) is 5.91 Å². The van der Waals surface area contributed by atoms with Gasteiger partial charge in [0.1, 0.15) is 10.8 Å². The molecule has 190 valence electrons. The summed E-state index contributed by atoms with van der Waals surface area (Å²) in [6.45, 7) is 4.12. The first-order valence-electron chi connectivity index (χ1n) is 12.2. The number of carbonyl (C=O) groups is 2. The van der Waals surface area contributed by atoms with Crippen molar-refractivity contribution >= 4 is 34.7 Å². The highest BCUT2D eigenvalue weighted by molar-refractivity contribution is 7.10. The lowest BCUT2D eigenvalue weighted by atomic mass is 9.95. The Morgan fingerprint density at radius 2 is 1.97 bits per heavy atom. The maximum Gasteiger partial charge on any atom is 0.252 e. The van der Waals surface area contributed by atoms with Gasteiger partial charge in [-0.1, -0.05) is 38.0 Å². The van der Waals surface area contributed by atoms with Crippen molar-refractivity contribution in [2.24, 2.45) is 0 Å². The van der Waals surface area contributed by atoms with Gasteiger partial charge < -0.3 is 9.88 Å². The van der Waals surface area contributed by atoms with Gasteiger partial charge in [-0.2, -0.15) is 0 Å². The van der Waals surface area contributed by atoms with Gasteiger partial charge in [-0.3, -0.25) is 9.59 Å². The monoisotopic (exact) mass is 516 g/mol. The van der Waals surface area contributed by atoms with Crippen molar-refractivity contribution in [3.05, 3.63) is 94.7 Å². The van der Waals surface area contributed by atoms with Crippen LogP contribution in [0.2, 0.25) is 0 Å². The van der Waals surface area contributed by atoms with E-state index >= 15 is 0 Å². The molecule has 0 aliphatic rings. The van der Waals surface area contributed by atoms with Crippen LogP contribution >= 0.6 is 11.3 Å². The van der Waals surface area contributed by atoms with E-state index in [9.17, 15) is 14.0 Å². The summed E-state index contributed by atoms with van der Waals surface area (Å²) in [7, 11) is 0. The van der Waals surface area contributed by atoms with E-state index in [1.54, 1.807) is 48.3 Å². The summed E-state index contributed by atoms with van der Waals surface area (Å²) in [5, 5.41) is 5.72. The maximum atomic E-state index is 13.7. The van der Waals surface area contributed by atoms with E-state index in [0.29, 0.717) is 29.7 Å². The SMILES string of the molecule is CCCCC(NC(=O)c1ccc(/C=C(/Cn2ccnc2)c2nccs2)cc1-c1ccc(F)cc1)C(C)=O.